The van der Waals surface area contributed by atoms with Crippen molar-refractivity contribution in [2.24, 2.45) is 0 Å². The maximum atomic E-state index is 9.00. The minimum atomic E-state index is 0.693. The largest absolute Gasteiger partial charge is 0.384 e. The minimum Gasteiger partial charge on any atom is -0.384 e. The first-order chi connectivity index (χ1) is 18.8. The van der Waals surface area contributed by atoms with Crippen molar-refractivity contribution >= 4 is 27.9 Å². The molecule has 0 bridgehead atoms. The van der Waals surface area contributed by atoms with Crippen molar-refractivity contribution in [1.29, 1.82) is 5.26 Å². The van der Waals surface area contributed by atoms with Crippen LogP contribution in [0.4, 0.5) is 5.69 Å². The molecule has 4 nitrogen and oxygen atoms in total. The van der Waals surface area contributed by atoms with Crippen molar-refractivity contribution in [3.63, 3.8) is 0 Å². The lowest BCUT2D eigenvalue weighted by atomic mass is 10.1. The summed E-state index contributed by atoms with van der Waals surface area (Å²) < 4.78 is 0. The fourth-order valence-electron chi connectivity index (χ4n) is 4.58. The van der Waals surface area contributed by atoms with Gasteiger partial charge in [0, 0.05) is 40.1 Å². The van der Waals surface area contributed by atoms with Crippen LogP contribution >= 0.6 is 11.3 Å². The SMILES string of the molecule is N#Cc1ccc(-c2ccc(-c3ccc(CNCCCCCCNc4ccnc5ccccc45)cc3)s2)cc1. The van der Waals surface area contributed by atoms with Crippen LogP contribution in [0.15, 0.2) is 97.2 Å². The van der Waals surface area contributed by atoms with Gasteiger partial charge in [-0.1, -0.05) is 67.4 Å². The van der Waals surface area contributed by atoms with Crippen LogP contribution < -0.4 is 10.6 Å². The van der Waals surface area contributed by atoms with E-state index in [0.29, 0.717) is 5.56 Å². The summed E-state index contributed by atoms with van der Waals surface area (Å²) in [5, 5.41) is 17.4. The summed E-state index contributed by atoms with van der Waals surface area (Å²) in [6.45, 7) is 2.94. The van der Waals surface area contributed by atoms with E-state index in [0.717, 1.165) is 30.7 Å². The molecule has 190 valence electrons. The number of para-hydroxylation sites is 1. The molecule has 5 heteroatoms. The van der Waals surface area contributed by atoms with Gasteiger partial charge >= 0.3 is 0 Å². The van der Waals surface area contributed by atoms with E-state index >= 15 is 0 Å². The Morgan fingerprint density at radius 2 is 1.39 bits per heavy atom. The van der Waals surface area contributed by atoms with Crippen LogP contribution in [0.2, 0.25) is 0 Å². The first kappa shape index (κ1) is 25.7. The van der Waals surface area contributed by atoms with E-state index in [1.807, 2.05) is 36.5 Å². The molecule has 0 saturated heterocycles. The van der Waals surface area contributed by atoms with E-state index < -0.39 is 0 Å². The number of rotatable bonds is 12. The lowest BCUT2D eigenvalue weighted by Crippen LogP contribution is -2.14. The molecule has 3 aromatic carbocycles. The molecule has 0 saturated carbocycles. The van der Waals surface area contributed by atoms with Crippen molar-refractivity contribution in [3.8, 4) is 27.0 Å². The zero-order valence-corrected chi connectivity index (χ0v) is 22.3. The maximum absolute atomic E-state index is 9.00. The van der Waals surface area contributed by atoms with Gasteiger partial charge < -0.3 is 10.6 Å². The van der Waals surface area contributed by atoms with Gasteiger partial charge in [-0.05, 0) is 72.5 Å². The quantitative estimate of drug-likeness (QED) is 0.164. The molecular weight excluding hydrogens is 484 g/mol. The van der Waals surface area contributed by atoms with Gasteiger partial charge in [-0.25, -0.2) is 0 Å². The number of benzene rings is 3. The molecule has 0 unspecified atom stereocenters. The van der Waals surface area contributed by atoms with Crippen molar-refractivity contribution in [1.82, 2.24) is 10.3 Å². The third-order valence-electron chi connectivity index (χ3n) is 6.72. The van der Waals surface area contributed by atoms with Gasteiger partial charge in [-0.3, -0.25) is 4.98 Å². The van der Waals surface area contributed by atoms with Crippen molar-refractivity contribution < 1.29 is 0 Å². The first-order valence-corrected chi connectivity index (χ1v) is 14.1. The second kappa shape index (κ2) is 13.0. The zero-order valence-electron chi connectivity index (χ0n) is 21.5. The van der Waals surface area contributed by atoms with Crippen molar-refractivity contribution in [2.75, 3.05) is 18.4 Å². The minimum absolute atomic E-state index is 0.693. The number of nitriles is 1. The molecule has 0 radical (unpaired) electrons. The molecule has 0 aliphatic rings. The van der Waals surface area contributed by atoms with Gasteiger partial charge in [0.25, 0.3) is 0 Å². The number of anilines is 1. The fraction of sp³-hybridized carbons (Fsp3) is 0.212. The van der Waals surface area contributed by atoms with Crippen LogP contribution in [0.25, 0.3) is 31.8 Å². The highest BCUT2D eigenvalue weighted by molar-refractivity contribution is 7.18. The highest BCUT2D eigenvalue weighted by Gasteiger charge is 2.06. The van der Waals surface area contributed by atoms with Gasteiger partial charge in [0.2, 0.25) is 0 Å². The summed E-state index contributed by atoms with van der Waals surface area (Å²) in [6.07, 6.45) is 6.72. The Labute approximate surface area is 229 Å². The van der Waals surface area contributed by atoms with Crippen LogP contribution in [-0.4, -0.2) is 18.1 Å². The summed E-state index contributed by atoms with van der Waals surface area (Å²) in [5.74, 6) is 0. The number of hydrogen-bond donors (Lipinski definition) is 2. The van der Waals surface area contributed by atoms with E-state index in [2.05, 4.69) is 82.4 Å². The third-order valence-corrected chi connectivity index (χ3v) is 7.90. The molecule has 2 aromatic heterocycles. The average molecular weight is 517 g/mol. The second-order valence-corrected chi connectivity index (χ2v) is 10.5. The predicted octanol–water partition coefficient (Wildman–Crippen LogP) is 8.26. The summed E-state index contributed by atoms with van der Waals surface area (Å²) in [4.78, 5) is 6.91. The van der Waals surface area contributed by atoms with Gasteiger partial charge in [0.05, 0.1) is 17.1 Å². The van der Waals surface area contributed by atoms with Crippen molar-refractivity contribution in [2.45, 2.75) is 32.2 Å². The number of aromatic nitrogens is 1. The van der Waals surface area contributed by atoms with Gasteiger partial charge in [0.1, 0.15) is 0 Å². The summed E-state index contributed by atoms with van der Waals surface area (Å²) >= 11 is 1.78. The number of hydrogen-bond acceptors (Lipinski definition) is 5. The topological polar surface area (TPSA) is 60.7 Å². The Balaban J connectivity index is 0.984. The van der Waals surface area contributed by atoms with Gasteiger partial charge in [-0.2, -0.15) is 5.26 Å². The molecule has 0 fully saturated rings. The van der Waals surface area contributed by atoms with Crippen LogP contribution in [0.5, 0.6) is 0 Å². The number of fused-ring (bicyclic) bond motifs is 1. The molecule has 0 atom stereocenters. The van der Waals surface area contributed by atoms with E-state index in [1.54, 1.807) is 11.3 Å². The summed E-state index contributed by atoms with van der Waals surface area (Å²) in [6, 6.07) is 33.5. The normalized spacial score (nSPS) is 10.9. The lowest BCUT2D eigenvalue weighted by Gasteiger charge is -2.09. The Bertz CT molecular complexity index is 1490. The Morgan fingerprint density at radius 1 is 0.711 bits per heavy atom. The van der Waals surface area contributed by atoms with Crippen LogP contribution in [0.3, 0.4) is 0 Å². The molecule has 38 heavy (non-hydrogen) atoms. The Morgan fingerprint density at radius 3 is 2.13 bits per heavy atom. The van der Waals surface area contributed by atoms with E-state index in [1.165, 1.54) is 57.6 Å². The molecule has 0 amide bonds. The fourth-order valence-corrected chi connectivity index (χ4v) is 5.60. The molecule has 0 spiro atoms. The predicted molar refractivity (Wildman–Crippen MR) is 160 cm³/mol. The zero-order chi connectivity index (χ0) is 26.0. The number of nitrogens with one attached hydrogen (secondary N) is 2. The monoisotopic (exact) mass is 516 g/mol. The number of nitrogens with zero attached hydrogens (tertiary/aromatic N) is 2. The van der Waals surface area contributed by atoms with Crippen molar-refractivity contribution in [3.05, 3.63) is 108 Å². The Kier molecular flexibility index (Phi) is 8.78. The van der Waals surface area contributed by atoms with Crippen LogP contribution in [0, 0.1) is 11.3 Å². The van der Waals surface area contributed by atoms with Gasteiger partial charge in [-0.15, -0.1) is 11.3 Å². The Hall–Kier alpha value is -3.98. The van der Waals surface area contributed by atoms with E-state index in [9.17, 15) is 0 Å². The molecule has 0 aliphatic heterocycles. The summed E-state index contributed by atoms with van der Waals surface area (Å²) in [5.41, 5.74) is 6.61. The standard InChI is InChI=1S/C33H32N4S/c34-23-25-9-13-27(14-10-25)32-17-18-33(38-32)28-15-11-26(12-16-28)24-35-20-5-1-2-6-21-36-31-19-22-37-30-8-4-3-7-29(30)31/h3-4,7-19,22,35H,1-2,5-6,20-21,24H2,(H,36,37). The first-order valence-electron chi connectivity index (χ1n) is 13.3. The van der Waals surface area contributed by atoms with Crippen LogP contribution in [-0.2, 0) is 6.54 Å². The van der Waals surface area contributed by atoms with Gasteiger partial charge in [0.15, 0.2) is 0 Å². The highest BCUT2D eigenvalue weighted by Crippen LogP contribution is 2.34. The number of thiophene rings is 1. The molecule has 5 aromatic rings. The highest BCUT2D eigenvalue weighted by atomic mass is 32.1. The number of pyridine rings is 1. The molecule has 0 aliphatic carbocycles. The molecule has 5 rings (SSSR count). The summed E-state index contributed by atoms with van der Waals surface area (Å²) in [7, 11) is 0. The van der Waals surface area contributed by atoms with Crippen LogP contribution in [0.1, 0.15) is 36.8 Å². The lowest BCUT2D eigenvalue weighted by molar-refractivity contribution is 0.593. The second-order valence-electron chi connectivity index (χ2n) is 9.44. The smallest absolute Gasteiger partial charge is 0.0991 e. The molecule has 2 heterocycles. The third kappa shape index (κ3) is 6.66. The van der Waals surface area contributed by atoms with E-state index in [-0.39, 0.29) is 0 Å². The number of unbranched alkanes of at least 4 members (excludes halogenated alkanes) is 3. The van der Waals surface area contributed by atoms with E-state index in [4.69, 9.17) is 5.26 Å². The molecule has 2 N–H and O–H groups in total. The maximum Gasteiger partial charge on any atom is 0.0991 e. The molecular formula is C33H32N4S. The average Bonchev–Trinajstić information content (AvgIpc) is 3.47.